The van der Waals surface area contributed by atoms with Crippen molar-refractivity contribution in [2.75, 3.05) is 20.2 Å². The SMILES string of the molecule is COc1cc(=O)n2c(c1C(=O)N[C@@H](c1nccn1C)C1CC1)CCNCC2. The van der Waals surface area contributed by atoms with Crippen LogP contribution in [0.3, 0.4) is 0 Å². The van der Waals surface area contributed by atoms with Crippen molar-refractivity contribution in [3.05, 3.63) is 45.9 Å². The third-order valence-corrected chi connectivity index (χ3v) is 5.40. The highest BCUT2D eigenvalue weighted by Gasteiger charge is 2.37. The van der Waals surface area contributed by atoms with Crippen molar-refractivity contribution in [3.63, 3.8) is 0 Å². The molecule has 8 heteroatoms. The minimum absolute atomic E-state index is 0.134. The standard InChI is InChI=1S/C19H25N5O3/c1-23-9-8-21-18(23)17(12-3-4-12)22-19(26)16-13-5-6-20-7-10-24(13)15(25)11-14(16)27-2/h8-9,11-12,17,20H,3-7,10H2,1-2H3,(H,22,26)/t17-/m1/s1. The molecule has 1 amide bonds. The summed E-state index contributed by atoms with van der Waals surface area (Å²) >= 11 is 0. The highest BCUT2D eigenvalue weighted by atomic mass is 16.5. The summed E-state index contributed by atoms with van der Waals surface area (Å²) < 4.78 is 9.04. The van der Waals surface area contributed by atoms with Gasteiger partial charge >= 0.3 is 0 Å². The Bertz CT molecular complexity index is 913. The first-order valence-corrected chi connectivity index (χ1v) is 9.39. The number of aryl methyl sites for hydroxylation is 1. The van der Waals surface area contributed by atoms with Crippen LogP contribution in [0, 0.1) is 5.92 Å². The molecule has 27 heavy (non-hydrogen) atoms. The number of imidazole rings is 1. The molecule has 1 fully saturated rings. The topological polar surface area (TPSA) is 90.2 Å². The van der Waals surface area contributed by atoms with Crippen LogP contribution < -0.4 is 20.9 Å². The maximum Gasteiger partial charge on any atom is 0.257 e. The Hall–Kier alpha value is -2.61. The number of pyridine rings is 1. The van der Waals surface area contributed by atoms with E-state index in [0.717, 1.165) is 30.9 Å². The molecule has 2 N–H and O–H groups in total. The molecule has 1 atom stereocenters. The molecule has 8 nitrogen and oxygen atoms in total. The van der Waals surface area contributed by atoms with Gasteiger partial charge in [-0.25, -0.2) is 4.98 Å². The van der Waals surface area contributed by atoms with E-state index in [-0.39, 0.29) is 17.5 Å². The predicted octanol–water partition coefficient (Wildman–Crippen LogP) is 0.617. The molecule has 0 aromatic carbocycles. The quantitative estimate of drug-likeness (QED) is 0.804. The van der Waals surface area contributed by atoms with Crippen molar-refractivity contribution >= 4 is 5.91 Å². The highest BCUT2D eigenvalue weighted by molar-refractivity contribution is 5.98. The number of nitrogens with zero attached hydrogens (tertiary/aromatic N) is 3. The summed E-state index contributed by atoms with van der Waals surface area (Å²) in [5.74, 6) is 1.37. The van der Waals surface area contributed by atoms with Crippen molar-refractivity contribution in [1.29, 1.82) is 0 Å². The summed E-state index contributed by atoms with van der Waals surface area (Å²) in [6.07, 6.45) is 6.39. The van der Waals surface area contributed by atoms with Crippen LogP contribution in [0.4, 0.5) is 0 Å². The Morgan fingerprint density at radius 1 is 1.41 bits per heavy atom. The zero-order valence-corrected chi connectivity index (χ0v) is 15.7. The van der Waals surface area contributed by atoms with Gasteiger partial charge in [0.25, 0.3) is 11.5 Å². The van der Waals surface area contributed by atoms with Crippen LogP contribution in [-0.4, -0.2) is 40.2 Å². The van der Waals surface area contributed by atoms with E-state index in [9.17, 15) is 9.59 Å². The molecule has 0 radical (unpaired) electrons. The van der Waals surface area contributed by atoms with Gasteiger partial charge in [-0.3, -0.25) is 9.59 Å². The molecule has 0 unspecified atom stereocenters. The van der Waals surface area contributed by atoms with E-state index in [2.05, 4.69) is 15.6 Å². The van der Waals surface area contributed by atoms with E-state index < -0.39 is 0 Å². The van der Waals surface area contributed by atoms with Crippen LogP contribution >= 0.6 is 0 Å². The summed E-state index contributed by atoms with van der Waals surface area (Å²) in [7, 11) is 3.43. The maximum atomic E-state index is 13.3. The molecule has 2 aromatic heterocycles. The van der Waals surface area contributed by atoms with Gasteiger partial charge in [0.05, 0.1) is 13.2 Å². The fourth-order valence-corrected chi connectivity index (χ4v) is 3.82. The van der Waals surface area contributed by atoms with Crippen LogP contribution in [0.2, 0.25) is 0 Å². The van der Waals surface area contributed by atoms with Crippen molar-refractivity contribution in [2.24, 2.45) is 13.0 Å². The second kappa shape index (κ2) is 7.19. The lowest BCUT2D eigenvalue weighted by Crippen LogP contribution is -2.35. The molecule has 0 spiro atoms. The molecule has 0 saturated heterocycles. The second-order valence-electron chi connectivity index (χ2n) is 7.21. The minimum atomic E-state index is -0.211. The first kappa shape index (κ1) is 17.8. The number of hydrogen-bond acceptors (Lipinski definition) is 5. The lowest BCUT2D eigenvalue weighted by molar-refractivity contribution is 0.0923. The number of ether oxygens (including phenoxy) is 1. The average molecular weight is 371 g/mol. The fraction of sp³-hybridized carbons (Fsp3) is 0.526. The van der Waals surface area contributed by atoms with Crippen LogP contribution in [0.5, 0.6) is 5.75 Å². The van der Waals surface area contributed by atoms with Crippen LogP contribution in [0.25, 0.3) is 0 Å². The Balaban J connectivity index is 1.72. The van der Waals surface area contributed by atoms with E-state index in [1.54, 1.807) is 10.8 Å². The normalized spacial score (nSPS) is 17.7. The van der Waals surface area contributed by atoms with Gasteiger partial charge in [-0.05, 0) is 18.8 Å². The van der Waals surface area contributed by atoms with Gasteiger partial charge in [0.2, 0.25) is 0 Å². The number of carbonyl (C=O) groups excluding carboxylic acids is 1. The number of nitrogens with one attached hydrogen (secondary N) is 2. The smallest absolute Gasteiger partial charge is 0.257 e. The van der Waals surface area contributed by atoms with E-state index in [1.807, 2.05) is 17.8 Å². The van der Waals surface area contributed by atoms with Gasteiger partial charge in [0, 0.05) is 57.3 Å². The van der Waals surface area contributed by atoms with Crippen LogP contribution in [0.1, 0.15) is 40.8 Å². The fourth-order valence-electron chi connectivity index (χ4n) is 3.82. The highest BCUT2D eigenvalue weighted by Crippen LogP contribution is 2.40. The molecule has 4 rings (SSSR count). The third kappa shape index (κ3) is 3.37. The van der Waals surface area contributed by atoms with Crippen molar-refractivity contribution in [2.45, 2.75) is 31.8 Å². The first-order chi connectivity index (χ1) is 13.1. The molecule has 144 valence electrons. The van der Waals surface area contributed by atoms with Crippen LogP contribution in [0.15, 0.2) is 23.3 Å². The monoisotopic (exact) mass is 371 g/mol. The molecule has 3 heterocycles. The molecular formula is C19H25N5O3. The average Bonchev–Trinajstić information content (AvgIpc) is 3.44. The predicted molar refractivity (Wildman–Crippen MR) is 100.0 cm³/mol. The number of methoxy groups -OCH3 is 1. The Kier molecular flexibility index (Phi) is 4.73. The summed E-state index contributed by atoms with van der Waals surface area (Å²) in [6, 6.07) is 1.27. The van der Waals surface area contributed by atoms with Gasteiger partial charge in [-0.15, -0.1) is 0 Å². The zero-order valence-electron chi connectivity index (χ0n) is 15.7. The summed E-state index contributed by atoms with van der Waals surface area (Å²) in [4.78, 5) is 30.2. The molecule has 2 aromatic rings. The van der Waals surface area contributed by atoms with Gasteiger partial charge < -0.3 is 24.5 Å². The van der Waals surface area contributed by atoms with Crippen molar-refractivity contribution in [1.82, 2.24) is 24.8 Å². The van der Waals surface area contributed by atoms with Gasteiger partial charge in [0.1, 0.15) is 17.1 Å². The largest absolute Gasteiger partial charge is 0.496 e. The van der Waals surface area contributed by atoms with Crippen molar-refractivity contribution in [3.8, 4) is 5.75 Å². The molecule has 1 aliphatic heterocycles. The van der Waals surface area contributed by atoms with E-state index in [0.29, 0.717) is 36.7 Å². The number of aromatic nitrogens is 3. The molecule has 0 bridgehead atoms. The number of fused-ring (bicyclic) bond motifs is 1. The lowest BCUT2D eigenvalue weighted by Gasteiger charge is -2.21. The molecule has 1 aliphatic carbocycles. The number of carbonyl (C=O) groups is 1. The lowest BCUT2D eigenvalue weighted by atomic mass is 10.1. The van der Waals surface area contributed by atoms with E-state index in [1.165, 1.54) is 13.2 Å². The second-order valence-corrected chi connectivity index (χ2v) is 7.21. The summed E-state index contributed by atoms with van der Waals surface area (Å²) in [5.41, 5.74) is 1.06. The van der Waals surface area contributed by atoms with Gasteiger partial charge in [-0.2, -0.15) is 0 Å². The number of rotatable bonds is 5. The third-order valence-electron chi connectivity index (χ3n) is 5.40. The summed E-state index contributed by atoms with van der Waals surface area (Å²) in [6.45, 7) is 1.97. The Morgan fingerprint density at radius 2 is 2.22 bits per heavy atom. The van der Waals surface area contributed by atoms with Crippen molar-refractivity contribution < 1.29 is 9.53 Å². The summed E-state index contributed by atoms with van der Waals surface area (Å²) in [5, 5.41) is 6.44. The minimum Gasteiger partial charge on any atom is -0.496 e. The maximum absolute atomic E-state index is 13.3. The number of amides is 1. The Labute approximate surface area is 157 Å². The molecule has 1 saturated carbocycles. The van der Waals surface area contributed by atoms with E-state index >= 15 is 0 Å². The first-order valence-electron chi connectivity index (χ1n) is 9.39. The zero-order chi connectivity index (χ0) is 19.0. The molecular weight excluding hydrogens is 346 g/mol. The van der Waals surface area contributed by atoms with Crippen LogP contribution in [-0.2, 0) is 20.0 Å². The Morgan fingerprint density at radius 3 is 2.89 bits per heavy atom. The van der Waals surface area contributed by atoms with E-state index in [4.69, 9.17) is 4.74 Å². The molecule has 2 aliphatic rings. The van der Waals surface area contributed by atoms with Gasteiger partial charge in [0.15, 0.2) is 0 Å². The van der Waals surface area contributed by atoms with Gasteiger partial charge in [-0.1, -0.05) is 0 Å². The number of hydrogen-bond donors (Lipinski definition) is 2.